The number of hydrogen-bond acceptors (Lipinski definition) is 6. The summed E-state index contributed by atoms with van der Waals surface area (Å²) < 4.78 is 1.48. The molecule has 0 aliphatic rings. The number of benzene rings is 1. The molecule has 0 fully saturated rings. The number of nitrogens with zero attached hydrogens (tertiary/aromatic N) is 5. The first-order chi connectivity index (χ1) is 11.2. The summed E-state index contributed by atoms with van der Waals surface area (Å²) in [7, 11) is 1.78. The number of imidazole rings is 1. The van der Waals surface area contributed by atoms with Gasteiger partial charge in [-0.2, -0.15) is 15.0 Å². The Kier molecular flexibility index (Phi) is 3.54. The van der Waals surface area contributed by atoms with Gasteiger partial charge in [-0.15, -0.1) is 5.10 Å². The summed E-state index contributed by atoms with van der Waals surface area (Å²) in [5.41, 5.74) is 4.02. The van der Waals surface area contributed by atoms with Crippen molar-refractivity contribution in [2.45, 2.75) is 6.92 Å². The molecule has 23 heavy (non-hydrogen) atoms. The van der Waals surface area contributed by atoms with E-state index < -0.39 is 0 Å². The molecule has 3 aromatic rings. The molecule has 2 N–H and O–H groups in total. The molecule has 2 heterocycles. The fourth-order valence-corrected chi connectivity index (χ4v) is 2.25. The molecule has 0 saturated heterocycles. The summed E-state index contributed by atoms with van der Waals surface area (Å²) in [6.45, 7) is 1.94. The Morgan fingerprint density at radius 1 is 1.13 bits per heavy atom. The van der Waals surface area contributed by atoms with Gasteiger partial charge in [-0.25, -0.2) is 4.98 Å². The van der Waals surface area contributed by atoms with Crippen molar-refractivity contribution in [3.63, 3.8) is 0 Å². The molecule has 0 saturated carbocycles. The molecule has 3 rings (SSSR count). The van der Waals surface area contributed by atoms with Crippen LogP contribution in [0.15, 0.2) is 30.5 Å². The van der Waals surface area contributed by atoms with Crippen molar-refractivity contribution in [3.05, 3.63) is 47.3 Å². The maximum atomic E-state index is 9.15. The third kappa shape index (κ3) is 2.52. The lowest BCUT2D eigenvalue weighted by Crippen LogP contribution is -2.04. The lowest BCUT2D eigenvalue weighted by atomic mass is 10.1. The predicted octanol–water partition coefficient (Wildman–Crippen LogP) is 2.57. The average Bonchev–Trinajstić information content (AvgIpc) is 2.99. The van der Waals surface area contributed by atoms with Gasteiger partial charge in [-0.05, 0) is 24.6 Å². The molecule has 2 aromatic heterocycles. The standard InChI is InChI=1S/C16H13N7/c1-10-3-4-11(7-17)5-13(10)21-15-6-14(19-2)16-20-9-12(8-18)23(16)22-15/h3-6,9,19H,1-2H3,(H,21,22). The number of nitriles is 2. The first-order valence-corrected chi connectivity index (χ1v) is 6.90. The van der Waals surface area contributed by atoms with Crippen molar-refractivity contribution in [1.82, 2.24) is 14.6 Å². The lowest BCUT2D eigenvalue weighted by molar-refractivity contribution is 0.927. The Balaban J connectivity index is 2.10. The van der Waals surface area contributed by atoms with Crippen LogP contribution in [-0.2, 0) is 0 Å². The van der Waals surface area contributed by atoms with E-state index in [1.54, 1.807) is 19.2 Å². The molecule has 0 bridgehead atoms. The molecular weight excluding hydrogens is 290 g/mol. The Morgan fingerprint density at radius 3 is 2.65 bits per heavy atom. The number of nitrogens with one attached hydrogen (secondary N) is 2. The highest BCUT2D eigenvalue weighted by molar-refractivity contribution is 5.73. The predicted molar refractivity (Wildman–Crippen MR) is 86.4 cm³/mol. The smallest absolute Gasteiger partial charge is 0.178 e. The lowest BCUT2D eigenvalue weighted by Gasteiger charge is -2.11. The minimum Gasteiger partial charge on any atom is -0.385 e. The van der Waals surface area contributed by atoms with Gasteiger partial charge in [0.25, 0.3) is 0 Å². The first kappa shape index (κ1) is 14.4. The van der Waals surface area contributed by atoms with Gasteiger partial charge < -0.3 is 10.6 Å². The summed E-state index contributed by atoms with van der Waals surface area (Å²) >= 11 is 0. The van der Waals surface area contributed by atoms with Crippen LogP contribution in [0.25, 0.3) is 5.65 Å². The van der Waals surface area contributed by atoms with E-state index in [0.29, 0.717) is 22.7 Å². The maximum Gasteiger partial charge on any atom is 0.178 e. The fraction of sp³-hybridized carbons (Fsp3) is 0.125. The monoisotopic (exact) mass is 303 g/mol. The van der Waals surface area contributed by atoms with Gasteiger partial charge in [-0.3, -0.25) is 0 Å². The van der Waals surface area contributed by atoms with Crippen molar-refractivity contribution in [3.8, 4) is 12.1 Å². The second kappa shape index (κ2) is 5.66. The number of fused-ring (bicyclic) bond motifs is 1. The molecule has 0 amide bonds. The molecule has 112 valence electrons. The number of rotatable bonds is 3. The summed E-state index contributed by atoms with van der Waals surface area (Å²) in [6.07, 6.45) is 1.48. The largest absolute Gasteiger partial charge is 0.385 e. The summed E-state index contributed by atoms with van der Waals surface area (Å²) in [5, 5.41) is 28.8. The Hall–Kier alpha value is -3.58. The zero-order chi connectivity index (χ0) is 16.4. The molecule has 0 aliphatic heterocycles. The van der Waals surface area contributed by atoms with E-state index in [0.717, 1.165) is 16.9 Å². The van der Waals surface area contributed by atoms with E-state index in [-0.39, 0.29) is 0 Å². The number of aromatic nitrogens is 3. The van der Waals surface area contributed by atoms with E-state index in [2.05, 4.69) is 32.9 Å². The molecule has 1 aromatic carbocycles. The number of aryl methyl sites for hydroxylation is 1. The van der Waals surface area contributed by atoms with Gasteiger partial charge in [0.15, 0.2) is 17.2 Å². The molecule has 7 heteroatoms. The van der Waals surface area contributed by atoms with E-state index >= 15 is 0 Å². The molecule has 7 nitrogen and oxygen atoms in total. The fourth-order valence-electron chi connectivity index (χ4n) is 2.25. The molecule has 0 spiro atoms. The van der Waals surface area contributed by atoms with Gasteiger partial charge >= 0.3 is 0 Å². The Bertz CT molecular complexity index is 972. The van der Waals surface area contributed by atoms with Crippen molar-refractivity contribution in [2.75, 3.05) is 17.7 Å². The minimum atomic E-state index is 0.350. The van der Waals surface area contributed by atoms with Crippen LogP contribution in [-0.4, -0.2) is 21.6 Å². The van der Waals surface area contributed by atoms with Crippen LogP contribution in [0.1, 0.15) is 16.8 Å². The summed E-state index contributed by atoms with van der Waals surface area (Å²) in [5.74, 6) is 0.550. The van der Waals surface area contributed by atoms with Crippen molar-refractivity contribution >= 4 is 22.8 Å². The number of hydrogen-bond donors (Lipinski definition) is 2. The molecule has 0 atom stereocenters. The van der Waals surface area contributed by atoms with E-state index in [1.165, 1.54) is 10.7 Å². The number of anilines is 3. The Labute approximate surface area is 132 Å². The van der Waals surface area contributed by atoms with Crippen LogP contribution >= 0.6 is 0 Å². The zero-order valence-electron chi connectivity index (χ0n) is 12.6. The van der Waals surface area contributed by atoms with E-state index in [1.807, 2.05) is 19.1 Å². The van der Waals surface area contributed by atoms with Gasteiger partial charge in [0, 0.05) is 18.8 Å². The molecule has 0 unspecified atom stereocenters. The van der Waals surface area contributed by atoms with Gasteiger partial charge in [0.1, 0.15) is 6.07 Å². The van der Waals surface area contributed by atoms with Gasteiger partial charge in [0.2, 0.25) is 0 Å². The van der Waals surface area contributed by atoms with E-state index in [4.69, 9.17) is 10.5 Å². The summed E-state index contributed by atoms with van der Waals surface area (Å²) in [6, 6.07) is 11.4. The van der Waals surface area contributed by atoms with Crippen LogP contribution in [0.3, 0.4) is 0 Å². The first-order valence-electron chi connectivity index (χ1n) is 6.90. The van der Waals surface area contributed by atoms with Crippen LogP contribution < -0.4 is 10.6 Å². The molecule has 0 radical (unpaired) electrons. The third-order valence-corrected chi connectivity index (χ3v) is 3.48. The second-order valence-electron chi connectivity index (χ2n) is 4.95. The van der Waals surface area contributed by atoms with Crippen molar-refractivity contribution in [1.29, 1.82) is 10.5 Å². The quantitative estimate of drug-likeness (QED) is 0.771. The van der Waals surface area contributed by atoms with Crippen LogP contribution in [0.5, 0.6) is 0 Å². The SMILES string of the molecule is CNc1cc(Nc2cc(C#N)ccc2C)nn2c(C#N)cnc12. The van der Waals surface area contributed by atoms with Gasteiger partial charge in [0.05, 0.1) is 23.5 Å². The second-order valence-corrected chi connectivity index (χ2v) is 4.95. The highest BCUT2D eigenvalue weighted by atomic mass is 15.3. The van der Waals surface area contributed by atoms with Crippen LogP contribution in [0, 0.1) is 29.6 Å². The Morgan fingerprint density at radius 2 is 1.96 bits per heavy atom. The molecule has 0 aliphatic carbocycles. The topological polar surface area (TPSA) is 102 Å². The zero-order valence-corrected chi connectivity index (χ0v) is 12.6. The normalized spacial score (nSPS) is 10.1. The van der Waals surface area contributed by atoms with Crippen LogP contribution in [0.2, 0.25) is 0 Å². The highest BCUT2D eigenvalue weighted by Gasteiger charge is 2.11. The summed E-state index contributed by atoms with van der Waals surface area (Å²) in [4.78, 5) is 4.20. The average molecular weight is 303 g/mol. The van der Waals surface area contributed by atoms with E-state index in [9.17, 15) is 0 Å². The van der Waals surface area contributed by atoms with Gasteiger partial charge in [-0.1, -0.05) is 6.07 Å². The van der Waals surface area contributed by atoms with Crippen LogP contribution in [0.4, 0.5) is 17.2 Å². The third-order valence-electron chi connectivity index (χ3n) is 3.48. The minimum absolute atomic E-state index is 0.350. The highest BCUT2D eigenvalue weighted by Crippen LogP contribution is 2.24. The van der Waals surface area contributed by atoms with Crippen molar-refractivity contribution < 1.29 is 0 Å². The maximum absolute atomic E-state index is 9.15. The molecular formula is C16H13N7. The van der Waals surface area contributed by atoms with Crippen molar-refractivity contribution in [2.24, 2.45) is 0 Å².